The Kier molecular flexibility index (Phi) is 5.78. The second-order valence-corrected chi connectivity index (χ2v) is 5.00. The van der Waals surface area contributed by atoms with Crippen LogP contribution >= 0.6 is 0 Å². The van der Waals surface area contributed by atoms with Crippen molar-refractivity contribution in [1.82, 2.24) is 0 Å². The molecule has 2 aromatic carbocycles. The first-order valence-electron chi connectivity index (χ1n) is 7.50. The number of hydrogen-bond acceptors (Lipinski definition) is 4. The van der Waals surface area contributed by atoms with Crippen LogP contribution in [0, 0.1) is 0 Å². The lowest BCUT2D eigenvalue weighted by Crippen LogP contribution is -2.14. The Hall–Kier alpha value is -3.02. The van der Waals surface area contributed by atoms with Crippen molar-refractivity contribution in [3.8, 4) is 11.5 Å². The number of ether oxygens (including phenoxy) is 2. The highest BCUT2D eigenvalue weighted by Crippen LogP contribution is 2.25. The molecule has 126 valence electrons. The number of carbonyl (C=O) groups is 2. The summed E-state index contributed by atoms with van der Waals surface area (Å²) in [7, 11) is 3.04. The summed E-state index contributed by atoms with van der Waals surface area (Å²) in [5.74, 6) is 0.624. The SMILES string of the molecule is CCC(=O)Nc1cccc(NC(=O)c2ccc(OC)cc2OC)c1. The van der Waals surface area contributed by atoms with E-state index in [1.807, 2.05) is 0 Å². The van der Waals surface area contributed by atoms with Gasteiger partial charge in [0.05, 0.1) is 19.8 Å². The van der Waals surface area contributed by atoms with Gasteiger partial charge in [-0.3, -0.25) is 9.59 Å². The van der Waals surface area contributed by atoms with E-state index in [1.54, 1.807) is 56.5 Å². The molecule has 0 aromatic heterocycles. The maximum absolute atomic E-state index is 12.5. The van der Waals surface area contributed by atoms with E-state index in [0.29, 0.717) is 34.9 Å². The third kappa shape index (κ3) is 4.25. The van der Waals surface area contributed by atoms with Gasteiger partial charge in [-0.25, -0.2) is 0 Å². The molecule has 0 unspecified atom stereocenters. The summed E-state index contributed by atoms with van der Waals surface area (Å²) < 4.78 is 10.4. The molecule has 6 heteroatoms. The average molecular weight is 328 g/mol. The summed E-state index contributed by atoms with van der Waals surface area (Å²) in [5.41, 5.74) is 1.59. The first kappa shape index (κ1) is 17.3. The summed E-state index contributed by atoms with van der Waals surface area (Å²) in [4.78, 5) is 23.9. The van der Waals surface area contributed by atoms with E-state index in [9.17, 15) is 9.59 Å². The molecule has 24 heavy (non-hydrogen) atoms. The van der Waals surface area contributed by atoms with Crippen LogP contribution in [0.2, 0.25) is 0 Å². The smallest absolute Gasteiger partial charge is 0.259 e. The molecule has 0 aliphatic carbocycles. The van der Waals surface area contributed by atoms with Gasteiger partial charge in [0.15, 0.2) is 0 Å². The van der Waals surface area contributed by atoms with Crippen molar-refractivity contribution in [2.75, 3.05) is 24.9 Å². The average Bonchev–Trinajstić information content (AvgIpc) is 2.61. The zero-order valence-electron chi connectivity index (χ0n) is 13.9. The zero-order valence-corrected chi connectivity index (χ0v) is 13.9. The molecule has 6 nitrogen and oxygen atoms in total. The van der Waals surface area contributed by atoms with Gasteiger partial charge in [0.25, 0.3) is 5.91 Å². The molecule has 0 aliphatic heterocycles. The molecule has 0 bridgehead atoms. The van der Waals surface area contributed by atoms with Crippen LogP contribution < -0.4 is 20.1 Å². The maximum Gasteiger partial charge on any atom is 0.259 e. The van der Waals surface area contributed by atoms with Crippen LogP contribution in [-0.4, -0.2) is 26.0 Å². The van der Waals surface area contributed by atoms with Crippen molar-refractivity contribution in [1.29, 1.82) is 0 Å². The fraction of sp³-hybridized carbons (Fsp3) is 0.222. The van der Waals surface area contributed by atoms with Crippen LogP contribution in [0.3, 0.4) is 0 Å². The van der Waals surface area contributed by atoms with Gasteiger partial charge in [0.1, 0.15) is 11.5 Å². The molecule has 2 aromatic rings. The lowest BCUT2D eigenvalue weighted by molar-refractivity contribution is -0.115. The normalized spacial score (nSPS) is 9.96. The zero-order chi connectivity index (χ0) is 17.5. The van der Waals surface area contributed by atoms with E-state index in [4.69, 9.17) is 9.47 Å². The highest BCUT2D eigenvalue weighted by Gasteiger charge is 2.14. The molecule has 2 N–H and O–H groups in total. The minimum atomic E-state index is -0.312. The molecule has 0 aliphatic rings. The van der Waals surface area contributed by atoms with E-state index < -0.39 is 0 Å². The summed E-state index contributed by atoms with van der Waals surface area (Å²) in [5, 5.41) is 5.54. The highest BCUT2D eigenvalue weighted by molar-refractivity contribution is 6.06. The second kappa shape index (κ2) is 8.01. The van der Waals surface area contributed by atoms with Crippen LogP contribution in [0.25, 0.3) is 0 Å². The highest BCUT2D eigenvalue weighted by atomic mass is 16.5. The predicted octanol–water partition coefficient (Wildman–Crippen LogP) is 3.30. The molecule has 0 fully saturated rings. The molecule has 0 spiro atoms. The number of methoxy groups -OCH3 is 2. The van der Waals surface area contributed by atoms with Gasteiger partial charge in [-0.2, -0.15) is 0 Å². The molecular weight excluding hydrogens is 308 g/mol. The Morgan fingerprint density at radius 1 is 0.958 bits per heavy atom. The van der Waals surface area contributed by atoms with Gasteiger partial charge in [-0.05, 0) is 30.3 Å². The Morgan fingerprint density at radius 2 is 1.67 bits per heavy atom. The molecule has 0 saturated heterocycles. The summed E-state index contributed by atoms with van der Waals surface area (Å²) in [6.07, 6.45) is 0.389. The first-order valence-corrected chi connectivity index (χ1v) is 7.50. The summed E-state index contributed by atoms with van der Waals surface area (Å²) in [6.45, 7) is 1.77. The number of rotatable bonds is 6. The van der Waals surface area contributed by atoms with Crippen molar-refractivity contribution >= 4 is 23.2 Å². The van der Waals surface area contributed by atoms with Gasteiger partial charge in [-0.1, -0.05) is 13.0 Å². The number of amides is 2. The van der Waals surface area contributed by atoms with Gasteiger partial charge in [0.2, 0.25) is 5.91 Å². The maximum atomic E-state index is 12.5. The predicted molar refractivity (Wildman–Crippen MR) is 92.9 cm³/mol. The van der Waals surface area contributed by atoms with Gasteiger partial charge >= 0.3 is 0 Å². The third-order valence-corrected chi connectivity index (χ3v) is 3.38. The van der Waals surface area contributed by atoms with Gasteiger partial charge < -0.3 is 20.1 Å². The Bertz CT molecular complexity index is 744. The van der Waals surface area contributed by atoms with Gasteiger partial charge in [0, 0.05) is 23.9 Å². The monoisotopic (exact) mass is 328 g/mol. The molecule has 2 amide bonds. The van der Waals surface area contributed by atoms with E-state index >= 15 is 0 Å². The molecule has 0 atom stereocenters. The minimum Gasteiger partial charge on any atom is -0.497 e. The first-order chi connectivity index (χ1) is 11.6. The number of nitrogens with one attached hydrogen (secondary N) is 2. The Morgan fingerprint density at radius 3 is 2.29 bits per heavy atom. The van der Waals surface area contributed by atoms with Crippen molar-refractivity contribution < 1.29 is 19.1 Å². The molecule has 0 heterocycles. The van der Waals surface area contributed by atoms with Crippen molar-refractivity contribution in [2.45, 2.75) is 13.3 Å². The Labute approximate surface area is 140 Å². The number of benzene rings is 2. The molecular formula is C18H20N2O4. The lowest BCUT2D eigenvalue weighted by atomic mass is 10.1. The lowest BCUT2D eigenvalue weighted by Gasteiger charge is -2.12. The van der Waals surface area contributed by atoms with E-state index in [1.165, 1.54) is 7.11 Å². The standard InChI is InChI=1S/C18H20N2O4/c1-4-17(21)19-12-6-5-7-13(10-12)20-18(22)15-9-8-14(23-2)11-16(15)24-3/h5-11H,4H2,1-3H3,(H,19,21)(H,20,22). The van der Waals surface area contributed by atoms with Crippen LogP contribution in [0.1, 0.15) is 23.7 Å². The van der Waals surface area contributed by atoms with Crippen LogP contribution in [-0.2, 0) is 4.79 Å². The summed E-state index contributed by atoms with van der Waals surface area (Å²) >= 11 is 0. The van der Waals surface area contributed by atoms with Crippen LogP contribution in [0.15, 0.2) is 42.5 Å². The van der Waals surface area contributed by atoms with Crippen LogP contribution in [0.4, 0.5) is 11.4 Å². The van der Waals surface area contributed by atoms with Crippen molar-refractivity contribution in [3.63, 3.8) is 0 Å². The summed E-state index contributed by atoms with van der Waals surface area (Å²) in [6, 6.07) is 11.9. The minimum absolute atomic E-state index is 0.0877. The molecule has 2 rings (SSSR count). The molecule has 0 radical (unpaired) electrons. The van der Waals surface area contributed by atoms with Crippen molar-refractivity contribution in [2.24, 2.45) is 0 Å². The molecule has 0 saturated carbocycles. The van der Waals surface area contributed by atoms with Crippen LogP contribution in [0.5, 0.6) is 11.5 Å². The largest absolute Gasteiger partial charge is 0.497 e. The van der Waals surface area contributed by atoms with Crippen molar-refractivity contribution in [3.05, 3.63) is 48.0 Å². The second-order valence-electron chi connectivity index (χ2n) is 5.00. The third-order valence-electron chi connectivity index (χ3n) is 3.38. The van der Waals surface area contributed by atoms with Gasteiger partial charge in [-0.15, -0.1) is 0 Å². The number of anilines is 2. The van der Waals surface area contributed by atoms with E-state index in [-0.39, 0.29) is 11.8 Å². The fourth-order valence-corrected chi connectivity index (χ4v) is 2.11. The van der Waals surface area contributed by atoms with E-state index in [2.05, 4.69) is 10.6 Å². The fourth-order valence-electron chi connectivity index (χ4n) is 2.11. The van der Waals surface area contributed by atoms with E-state index in [0.717, 1.165) is 0 Å². The number of carbonyl (C=O) groups excluding carboxylic acids is 2. The number of hydrogen-bond donors (Lipinski definition) is 2. The quantitative estimate of drug-likeness (QED) is 0.853. The Balaban J connectivity index is 2.18. The topological polar surface area (TPSA) is 76.7 Å².